The van der Waals surface area contributed by atoms with Gasteiger partial charge < -0.3 is 15.2 Å². The molecule has 0 radical (unpaired) electrons. The van der Waals surface area contributed by atoms with Crippen LogP contribution in [-0.2, 0) is 15.4 Å². The van der Waals surface area contributed by atoms with Crippen LogP contribution >= 0.6 is 11.6 Å². The largest absolute Gasteiger partial charge is 0.383 e. The van der Waals surface area contributed by atoms with Gasteiger partial charge in [-0.05, 0) is 18.2 Å². The van der Waals surface area contributed by atoms with Crippen LogP contribution in [0, 0.1) is 0 Å². The Bertz CT molecular complexity index is 427. The number of aliphatic imine (C=N–C) groups is 1. The first-order valence-corrected chi connectivity index (χ1v) is 4.77. The highest BCUT2D eigenvalue weighted by atomic mass is 35.5. The lowest BCUT2D eigenvalue weighted by atomic mass is 10.1. The van der Waals surface area contributed by atoms with E-state index < -0.39 is 5.91 Å². The lowest BCUT2D eigenvalue weighted by Crippen LogP contribution is -2.26. The number of benzene rings is 1. The second kappa shape index (κ2) is 3.48. The molecule has 1 aromatic carbocycles. The van der Waals surface area contributed by atoms with Crippen LogP contribution in [0.3, 0.4) is 0 Å². The number of fused-ring (bicyclic) bond motifs is 1. The van der Waals surface area contributed by atoms with Gasteiger partial charge in [-0.1, -0.05) is 11.6 Å². The molecule has 0 aromatic heterocycles. The molecule has 0 amide bonds. The zero-order valence-electron chi connectivity index (χ0n) is 8.45. The minimum Gasteiger partial charge on any atom is -0.383 e. The fraction of sp³-hybridized carbons (Fsp3) is 0.300. The summed E-state index contributed by atoms with van der Waals surface area (Å²) in [5.74, 6) is -0.750. The van der Waals surface area contributed by atoms with E-state index in [1.807, 2.05) is 0 Å². The van der Waals surface area contributed by atoms with Crippen LogP contribution in [0.15, 0.2) is 23.2 Å². The Kier molecular flexibility index (Phi) is 2.42. The minimum atomic E-state index is -1.12. The maximum atomic E-state index is 5.88. The van der Waals surface area contributed by atoms with Gasteiger partial charge >= 0.3 is 0 Å². The van der Waals surface area contributed by atoms with E-state index in [1.165, 1.54) is 14.2 Å². The summed E-state index contributed by atoms with van der Waals surface area (Å²) in [7, 11) is 3.04. The van der Waals surface area contributed by atoms with E-state index in [-0.39, 0.29) is 0 Å². The van der Waals surface area contributed by atoms with Gasteiger partial charge in [0.1, 0.15) is 5.84 Å². The zero-order chi connectivity index (χ0) is 11.1. The normalized spacial score (nSPS) is 17.4. The monoisotopic (exact) mass is 226 g/mol. The molecule has 0 aliphatic carbocycles. The Hall–Kier alpha value is -1.10. The van der Waals surface area contributed by atoms with Crippen LogP contribution in [0.5, 0.6) is 0 Å². The topological polar surface area (TPSA) is 56.8 Å². The number of halogens is 1. The molecular weight excluding hydrogens is 216 g/mol. The van der Waals surface area contributed by atoms with Gasteiger partial charge in [-0.15, -0.1) is 0 Å². The van der Waals surface area contributed by atoms with E-state index in [0.29, 0.717) is 10.9 Å². The minimum absolute atomic E-state index is 0.371. The molecule has 4 nitrogen and oxygen atoms in total. The molecule has 80 valence electrons. The molecule has 15 heavy (non-hydrogen) atoms. The van der Waals surface area contributed by atoms with Crippen molar-refractivity contribution in [3.05, 3.63) is 34.3 Å². The Morgan fingerprint density at radius 1 is 1.33 bits per heavy atom. The van der Waals surface area contributed by atoms with Crippen LogP contribution < -0.4 is 5.73 Å². The first-order valence-electron chi connectivity index (χ1n) is 4.39. The van der Waals surface area contributed by atoms with Crippen molar-refractivity contribution >= 4 is 17.4 Å². The first kappa shape index (κ1) is 10.4. The Morgan fingerprint density at radius 3 is 2.60 bits per heavy atom. The average molecular weight is 227 g/mol. The maximum Gasteiger partial charge on any atom is 0.300 e. The Labute approximate surface area is 92.7 Å². The van der Waals surface area contributed by atoms with Crippen LogP contribution in [0.4, 0.5) is 0 Å². The molecule has 2 N–H and O–H groups in total. The molecule has 1 heterocycles. The van der Waals surface area contributed by atoms with Crippen molar-refractivity contribution < 1.29 is 9.47 Å². The summed E-state index contributed by atoms with van der Waals surface area (Å²) < 4.78 is 10.5. The standard InChI is InChI=1S/C10H11ClN2O2/c1-14-10(15-2)8-4-3-6(11)5-7(8)9(12)13-10/h3-5H,1-2H3,(H2,12,13). The molecule has 0 bridgehead atoms. The summed E-state index contributed by atoms with van der Waals surface area (Å²) in [4.78, 5) is 4.16. The number of amidine groups is 1. The fourth-order valence-corrected chi connectivity index (χ4v) is 1.85. The maximum absolute atomic E-state index is 5.88. The van der Waals surface area contributed by atoms with Crippen LogP contribution in [-0.4, -0.2) is 20.1 Å². The van der Waals surface area contributed by atoms with Gasteiger partial charge in [-0.2, -0.15) is 0 Å². The number of hydrogen-bond donors (Lipinski definition) is 1. The van der Waals surface area contributed by atoms with E-state index in [2.05, 4.69) is 4.99 Å². The number of ether oxygens (including phenoxy) is 2. The van der Waals surface area contributed by atoms with Gasteiger partial charge in [0.2, 0.25) is 0 Å². The summed E-state index contributed by atoms with van der Waals surface area (Å²) in [6.07, 6.45) is 0. The van der Waals surface area contributed by atoms with Gasteiger partial charge in [0.05, 0.1) is 0 Å². The molecule has 1 aliphatic rings. The number of nitrogens with two attached hydrogens (primary N) is 1. The highest BCUT2D eigenvalue weighted by molar-refractivity contribution is 6.31. The van der Waals surface area contributed by atoms with Crippen molar-refractivity contribution in [1.82, 2.24) is 0 Å². The van der Waals surface area contributed by atoms with Crippen molar-refractivity contribution in [2.24, 2.45) is 10.7 Å². The Balaban J connectivity index is 2.62. The molecule has 0 fully saturated rings. The lowest BCUT2D eigenvalue weighted by Gasteiger charge is -2.23. The number of rotatable bonds is 2. The van der Waals surface area contributed by atoms with E-state index in [1.54, 1.807) is 18.2 Å². The molecule has 0 spiro atoms. The van der Waals surface area contributed by atoms with Gasteiger partial charge in [0.15, 0.2) is 0 Å². The van der Waals surface area contributed by atoms with E-state index in [9.17, 15) is 0 Å². The summed E-state index contributed by atoms with van der Waals surface area (Å²) in [6, 6.07) is 5.30. The molecule has 0 atom stereocenters. The van der Waals surface area contributed by atoms with Gasteiger partial charge in [0, 0.05) is 30.4 Å². The third-order valence-corrected chi connectivity index (χ3v) is 2.65. The molecule has 0 saturated heterocycles. The third-order valence-electron chi connectivity index (χ3n) is 2.42. The fourth-order valence-electron chi connectivity index (χ4n) is 1.68. The summed E-state index contributed by atoms with van der Waals surface area (Å²) in [5, 5.41) is 0.606. The number of hydrogen-bond acceptors (Lipinski definition) is 4. The predicted octanol–water partition coefficient (Wildman–Crippen LogP) is 1.46. The molecule has 1 aliphatic heterocycles. The highest BCUT2D eigenvalue weighted by Crippen LogP contribution is 2.36. The summed E-state index contributed by atoms with van der Waals surface area (Å²) in [5.41, 5.74) is 7.30. The molecular formula is C10H11ClN2O2. The average Bonchev–Trinajstić information content (AvgIpc) is 2.52. The molecule has 0 unspecified atom stereocenters. The highest BCUT2D eigenvalue weighted by Gasteiger charge is 2.40. The van der Waals surface area contributed by atoms with Crippen LogP contribution in [0.2, 0.25) is 5.02 Å². The van der Waals surface area contributed by atoms with E-state index in [0.717, 1.165) is 11.1 Å². The summed E-state index contributed by atoms with van der Waals surface area (Å²) in [6.45, 7) is 0. The van der Waals surface area contributed by atoms with Crippen molar-refractivity contribution in [2.45, 2.75) is 5.91 Å². The Morgan fingerprint density at radius 2 is 2.00 bits per heavy atom. The lowest BCUT2D eigenvalue weighted by molar-refractivity contribution is -0.206. The molecule has 2 rings (SSSR count). The van der Waals surface area contributed by atoms with Crippen molar-refractivity contribution in [2.75, 3.05) is 14.2 Å². The van der Waals surface area contributed by atoms with Gasteiger partial charge in [0.25, 0.3) is 5.91 Å². The second-order valence-electron chi connectivity index (χ2n) is 3.18. The summed E-state index contributed by atoms with van der Waals surface area (Å²) >= 11 is 5.88. The SMILES string of the molecule is COC1(OC)N=C(N)c2cc(Cl)ccc21. The van der Waals surface area contributed by atoms with E-state index in [4.69, 9.17) is 26.8 Å². The molecule has 0 saturated carbocycles. The molecule has 5 heteroatoms. The van der Waals surface area contributed by atoms with Gasteiger partial charge in [-0.25, -0.2) is 4.99 Å². The van der Waals surface area contributed by atoms with Gasteiger partial charge in [-0.3, -0.25) is 0 Å². The smallest absolute Gasteiger partial charge is 0.300 e. The quantitative estimate of drug-likeness (QED) is 0.777. The predicted molar refractivity (Wildman–Crippen MR) is 57.9 cm³/mol. The van der Waals surface area contributed by atoms with E-state index >= 15 is 0 Å². The third kappa shape index (κ3) is 1.42. The molecule has 1 aromatic rings. The van der Waals surface area contributed by atoms with Crippen molar-refractivity contribution in [1.29, 1.82) is 0 Å². The van der Waals surface area contributed by atoms with Crippen LogP contribution in [0.25, 0.3) is 0 Å². The van der Waals surface area contributed by atoms with Crippen molar-refractivity contribution in [3.63, 3.8) is 0 Å². The zero-order valence-corrected chi connectivity index (χ0v) is 9.21. The number of nitrogens with zero attached hydrogens (tertiary/aromatic N) is 1. The number of methoxy groups -OCH3 is 2. The second-order valence-corrected chi connectivity index (χ2v) is 3.61. The van der Waals surface area contributed by atoms with Crippen molar-refractivity contribution in [3.8, 4) is 0 Å². The first-order chi connectivity index (χ1) is 7.13. The van der Waals surface area contributed by atoms with Crippen LogP contribution in [0.1, 0.15) is 11.1 Å².